The molecule has 0 aliphatic rings. The summed E-state index contributed by atoms with van der Waals surface area (Å²) in [6.45, 7) is 3.32. The Labute approximate surface area is 114 Å². The fraction of sp³-hybridized carbons (Fsp3) is 0.500. The molecule has 1 amide bonds. The number of amides is 1. The van der Waals surface area contributed by atoms with Crippen LogP contribution in [0.5, 0.6) is 5.75 Å². The predicted octanol–water partition coefficient (Wildman–Crippen LogP) is 1.07. The Morgan fingerprint density at radius 3 is 2.84 bits per heavy atom. The Morgan fingerprint density at radius 1 is 1.42 bits per heavy atom. The van der Waals surface area contributed by atoms with Crippen molar-refractivity contribution in [3.8, 4) is 5.75 Å². The van der Waals surface area contributed by atoms with Crippen LogP contribution in [-0.2, 0) is 16.1 Å². The van der Waals surface area contributed by atoms with Gasteiger partial charge in [-0.1, -0.05) is 18.2 Å². The van der Waals surface area contributed by atoms with E-state index >= 15 is 0 Å². The third-order valence-corrected chi connectivity index (χ3v) is 2.69. The van der Waals surface area contributed by atoms with Crippen molar-refractivity contribution in [2.75, 3.05) is 20.3 Å². The first kappa shape index (κ1) is 15.5. The van der Waals surface area contributed by atoms with Crippen molar-refractivity contribution in [3.63, 3.8) is 0 Å². The number of hydrogen-bond acceptors (Lipinski definition) is 4. The molecule has 1 aromatic carbocycles. The predicted molar refractivity (Wildman–Crippen MR) is 73.9 cm³/mol. The highest BCUT2D eigenvalue weighted by Crippen LogP contribution is 2.18. The van der Waals surface area contributed by atoms with E-state index in [2.05, 4.69) is 5.32 Å². The van der Waals surface area contributed by atoms with Gasteiger partial charge in [-0.2, -0.15) is 0 Å². The van der Waals surface area contributed by atoms with Gasteiger partial charge in [0.25, 0.3) is 5.91 Å². The zero-order valence-corrected chi connectivity index (χ0v) is 11.5. The van der Waals surface area contributed by atoms with Gasteiger partial charge in [0.05, 0.1) is 0 Å². The van der Waals surface area contributed by atoms with E-state index < -0.39 is 6.10 Å². The van der Waals surface area contributed by atoms with Crippen molar-refractivity contribution in [1.82, 2.24) is 5.32 Å². The summed E-state index contributed by atoms with van der Waals surface area (Å²) in [6.07, 6.45) is 0.240. The molecule has 1 rings (SSSR count). The number of methoxy groups -OCH3 is 1. The molecule has 0 fully saturated rings. The smallest absolute Gasteiger partial charge is 0.260 e. The lowest BCUT2D eigenvalue weighted by Crippen LogP contribution is -2.37. The van der Waals surface area contributed by atoms with E-state index in [0.717, 1.165) is 12.0 Å². The van der Waals surface area contributed by atoms with Crippen LogP contribution in [0.2, 0.25) is 0 Å². The third-order valence-electron chi connectivity index (χ3n) is 2.69. The van der Waals surface area contributed by atoms with E-state index in [1.165, 1.54) is 0 Å². The molecule has 0 saturated carbocycles. The Kier molecular flexibility index (Phi) is 6.92. The number of carbonyl (C=O) groups is 1. The summed E-state index contributed by atoms with van der Waals surface area (Å²) in [4.78, 5) is 11.8. The maximum Gasteiger partial charge on any atom is 0.260 e. The van der Waals surface area contributed by atoms with Crippen molar-refractivity contribution >= 4 is 5.91 Å². The Morgan fingerprint density at radius 2 is 2.16 bits per heavy atom. The molecule has 0 radical (unpaired) electrons. The van der Waals surface area contributed by atoms with Gasteiger partial charge in [-0.3, -0.25) is 4.79 Å². The van der Waals surface area contributed by atoms with E-state index in [0.29, 0.717) is 25.4 Å². The van der Waals surface area contributed by atoms with Crippen LogP contribution >= 0.6 is 0 Å². The summed E-state index contributed by atoms with van der Waals surface area (Å²) in [5.74, 6) is 0.521. The molecule has 5 heteroatoms. The molecule has 0 heterocycles. The van der Waals surface area contributed by atoms with E-state index in [1.54, 1.807) is 14.0 Å². The minimum absolute atomic E-state index is 0.136. The summed E-state index contributed by atoms with van der Waals surface area (Å²) in [5.41, 5.74) is 6.51. The second kappa shape index (κ2) is 8.50. The van der Waals surface area contributed by atoms with Crippen LogP contribution in [0.15, 0.2) is 24.3 Å². The molecule has 3 N–H and O–H groups in total. The van der Waals surface area contributed by atoms with E-state index in [1.807, 2.05) is 24.3 Å². The van der Waals surface area contributed by atoms with Crippen LogP contribution in [0.1, 0.15) is 18.9 Å². The molecule has 5 nitrogen and oxygen atoms in total. The molecule has 1 atom stereocenters. The molecule has 0 aromatic heterocycles. The minimum atomic E-state index is -0.546. The summed E-state index contributed by atoms with van der Waals surface area (Å²) >= 11 is 0. The highest BCUT2D eigenvalue weighted by atomic mass is 16.5. The second-order valence-electron chi connectivity index (χ2n) is 4.21. The van der Waals surface area contributed by atoms with Crippen LogP contribution in [-0.4, -0.2) is 32.3 Å². The maximum absolute atomic E-state index is 11.8. The Balaban J connectivity index is 2.45. The number of hydrogen-bond donors (Lipinski definition) is 2. The first-order chi connectivity index (χ1) is 9.19. The molecule has 0 aliphatic carbocycles. The van der Waals surface area contributed by atoms with Gasteiger partial charge >= 0.3 is 0 Å². The normalized spacial score (nSPS) is 11.9. The number of carbonyl (C=O) groups excluding carboxylic acids is 1. The molecular formula is C14H22N2O3. The van der Waals surface area contributed by atoms with Gasteiger partial charge < -0.3 is 20.5 Å². The first-order valence-electron chi connectivity index (χ1n) is 6.40. The molecule has 0 bridgehead atoms. The van der Waals surface area contributed by atoms with Gasteiger partial charge in [0.15, 0.2) is 6.10 Å². The number of nitrogens with one attached hydrogen (secondary N) is 1. The fourth-order valence-corrected chi connectivity index (χ4v) is 1.60. The van der Waals surface area contributed by atoms with Crippen molar-refractivity contribution in [2.45, 2.75) is 26.0 Å². The molecule has 1 aromatic rings. The molecule has 1 unspecified atom stereocenters. The third kappa shape index (κ3) is 5.28. The number of benzene rings is 1. The standard InChI is InChI=1S/C14H22N2O3/c1-11(14(17)16-8-5-9-18-2)19-13-7-4-3-6-12(13)10-15/h3-4,6-7,11H,5,8-10,15H2,1-2H3,(H,16,17). The van der Waals surface area contributed by atoms with Crippen molar-refractivity contribution in [2.24, 2.45) is 5.73 Å². The quantitative estimate of drug-likeness (QED) is 0.690. The van der Waals surface area contributed by atoms with Crippen molar-refractivity contribution in [1.29, 1.82) is 0 Å². The molecule has 0 saturated heterocycles. The lowest BCUT2D eigenvalue weighted by Gasteiger charge is -2.16. The summed E-state index contributed by atoms with van der Waals surface area (Å²) in [7, 11) is 1.64. The highest BCUT2D eigenvalue weighted by Gasteiger charge is 2.15. The zero-order chi connectivity index (χ0) is 14.1. The molecule has 0 spiro atoms. The first-order valence-corrected chi connectivity index (χ1v) is 6.40. The van der Waals surface area contributed by atoms with Crippen LogP contribution in [0.3, 0.4) is 0 Å². The van der Waals surface area contributed by atoms with Gasteiger partial charge in [-0.25, -0.2) is 0 Å². The van der Waals surface area contributed by atoms with Gasteiger partial charge in [0.2, 0.25) is 0 Å². The number of nitrogens with two attached hydrogens (primary N) is 1. The summed E-state index contributed by atoms with van der Waals surface area (Å²) in [5, 5.41) is 2.80. The molecule has 0 aliphatic heterocycles. The van der Waals surface area contributed by atoms with Crippen LogP contribution in [0, 0.1) is 0 Å². The minimum Gasteiger partial charge on any atom is -0.481 e. The second-order valence-corrected chi connectivity index (χ2v) is 4.21. The van der Waals surface area contributed by atoms with Gasteiger partial charge in [-0.15, -0.1) is 0 Å². The lowest BCUT2D eigenvalue weighted by atomic mass is 10.2. The van der Waals surface area contributed by atoms with Gasteiger partial charge in [0, 0.05) is 32.4 Å². The Bertz CT molecular complexity index is 396. The number of rotatable bonds is 8. The lowest BCUT2D eigenvalue weighted by molar-refractivity contribution is -0.127. The SMILES string of the molecule is COCCCNC(=O)C(C)Oc1ccccc1CN. The number of ether oxygens (including phenoxy) is 2. The largest absolute Gasteiger partial charge is 0.481 e. The average molecular weight is 266 g/mol. The molecule has 19 heavy (non-hydrogen) atoms. The summed E-state index contributed by atoms with van der Waals surface area (Å²) < 4.78 is 10.5. The van der Waals surface area contributed by atoms with Crippen molar-refractivity contribution in [3.05, 3.63) is 29.8 Å². The van der Waals surface area contributed by atoms with Gasteiger partial charge in [0.1, 0.15) is 5.75 Å². The van der Waals surface area contributed by atoms with E-state index in [-0.39, 0.29) is 5.91 Å². The van der Waals surface area contributed by atoms with E-state index in [9.17, 15) is 4.79 Å². The monoisotopic (exact) mass is 266 g/mol. The maximum atomic E-state index is 11.8. The van der Waals surface area contributed by atoms with Crippen molar-refractivity contribution < 1.29 is 14.3 Å². The van der Waals surface area contributed by atoms with Crippen LogP contribution in [0.25, 0.3) is 0 Å². The van der Waals surface area contributed by atoms with E-state index in [4.69, 9.17) is 15.2 Å². The molecule has 106 valence electrons. The average Bonchev–Trinajstić information content (AvgIpc) is 2.44. The fourth-order valence-electron chi connectivity index (χ4n) is 1.60. The zero-order valence-electron chi connectivity index (χ0n) is 11.5. The topological polar surface area (TPSA) is 73.6 Å². The Hall–Kier alpha value is -1.59. The van der Waals surface area contributed by atoms with Crippen LogP contribution < -0.4 is 15.8 Å². The van der Waals surface area contributed by atoms with Crippen LogP contribution in [0.4, 0.5) is 0 Å². The summed E-state index contributed by atoms with van der Waals surface area (Å²) in [6, 6.07) is 7.46. The highest BCUT2D eigenvalue weighted by molar-refractivity contribution is 5.80. The number of para-hydroxylation sites is 1. The van der Waals surface area contributed by atoms with Gasteiger partial charge in [-0.05, 0) is 19.4 Å². The molecular weight excluding hydrogens is 244 g/mol.